The molecular weight excluding hydrogens is 423 g/mol. The van der Waals surface area contributed by atoms with Crippen LogP contribution in [0.5, 0.6) is 0 Å². The van der Waals surface area contributed by atoms with Crippen LogP contribution < -0.4 is 9.62 Å². The molecular formula is C22H19FN2O5S. The first-order valence-corrected chi connectivity index (χ1v) is 10.6. The molecule has 0 saturated carbocycles. The number of hydrogen-bond acceptors (Lipinski definition) is 5. The van der Waals surface area contributed by atoms with Crippen LogP contribution in [0, 0.1) is 5.82 Å². The van der Waals surface area contributed by atoms with Gasteiger partial charge in [0.1, 0.15) is 5.82 Å². The number of esters is 1. The maximum absolute atomic E-state index is 13.0. The van der Waals surface area contributed by atoms with Crippen LogP contribution in [0.3, 0.4) is 0 Å². The van der Waals surface area contributed by atoms with Crippen LogP contribution in [-0.2, 0) is 19.6 Å². The van der Waals surface area contributed by atoms with Gasteiger partial charge in [-0.2, -0.15) is 0 Å². The molecule has 31 heavy (non-hydrogen) atoms. The average molecular weight is 442 g/mol. The fraction of sp³-hybridized carbons (Fsp3) is 0.0909. The number of rotatable bonds is 7. The molecule has 3 aromatic rings. The van der Waals surface area contributed by atoms with E-state index in [1.807, 2.05) is 6.07 Å². The summed E-state index contributed by atoms with van der Waals surface area (Å²) in [6, 6.07) is 18.8. The highest BCUT2D eigenvalue weighted by molar-refractivity contribution is 7.92. The molecule has 0 radical (unpaired) electrons. The molecule has 1 amide bonds. The monoisotopic (exact) mass is 442 g/mol. The summed E-state index contributed by atoms with van der Waals surface area (Å²) < 4.78 is 45.5. The number of likely N-dealkylation sites (N-methyl/N-ethyl adjacent to an activating group) is 1. The van der Waals surface area contributed by atoms with E-state index < -0.39 is 34.3 Å². The van der Waals surface area contributed by atoms with Crippen molar-refractivity contribution in [2.75, 3.05) is 23.3 Å². The lowest BCUT2D eigenvalue weighted by molar-refractivity contribution is -0.121. The van der Waals surface area contributed by atoms with Crippen molar-refractivity contribution in [3.05, 3.63) is 90.2 Å². The number of carbonyl (C=O) groups excluding carboxylic acids is 2. The topological polar surface area (TPSA) is 92.8 Å². The van der Waals surface area contributed by atoms with Gasteiger partial charge >= 0.3 is 5.97 Å². The van der Waals surface area contributed by atoms with E-state index >= 15 is 0 Å². The lowest BCUT2D eigenvalue weighted by atomic mass is 10.2. The molecule has 0 atom stereocenters. The summed E-state index contributed by atoms with van der Waals surface area (Å²) in [5.41, 5.74) is 0.782. The average Bonchev–Trinajstić information content (AvgIpc) is 2.78. The van der Waals surface area contributed by atoms with Crippen LogP contribution in [0.25, 0.3) is 0 Å². The van der Waals surface area contributed by atoms with Gasteiger partial charge in [-0.25, -0.2) is 17.6 Å². The predicted octanol–water partition coefficient (Wildman–Crippen LogP) is 3.45. The first-order valence-electron chi connectivity index (χ1n) is 9.13. The second-order valence-corrected chi connectivity index (χ2v) is 8.19. The fourth-order valence-electron chi connectivity index (χ4n) is 2.63. The van der Waals surface area contributed by atoms with E-state index in [0.29, 0.717) is 5.69 Å². The third kappa shape index (κ3) is 5.67. The molecule has 0 fully saturated rings. The van der Waals surface area contributed by atoms with Crippen molar-refractivity contribution >= 4 is 33.3 Å². The predicted molar refractivity (Wildman–Crippen MR) is 114 cm³/mol. The zero-order valence-electron chi connectivity index (χ0n) is 16.5. The summed E-state index contributed by atoms with van der Waals surface area (Å²) in [6.07, 6.45) is 0. The Morgan fingerprint density at radius 3 is 2.32 bits per heavy atom. The zero-order valence-corrected chi connectivity index (χ0v) is 17.3. The first-order chi connectivity index (χ1) is 14.8. The third-order valence-electron chi connectivity index (χ3n) is 4.32. The van der Waals surface area contributed by atoms with Gasteiger partial charge in [0.2, 0.25) is 0 Å². The van der Waals surface area contributed by atoms with Gasteiger partial charge in [0, 0.05) is 18.4 Å². The number of anilines is 2. The lowest BCUT2D eigenvalue weighted by Crippen LogP contribution is -2.31. The quantitative estimate of drug-likeness (QED) is 0.566. The van der Waals surface area contributed by atoms with Gasteiger partial charge in [-0.05, 0) is 54.6 Å². The second-order valence-electron chi connectivity index (χ2n) is 6.50. The zero-order chi connectivity index (χ0) is 22.4. The SMILES string of the molecule is CN(C(=O)COC(=O)c1cccc(S(=O)(=O)Nc2ccc(F)cc2)c1)c1ccccc1. The summed E-state index contributed by atoms with van der Waals surface area (Å²) in [5, 5.41) is 0. The highest BCUT2D eigenvalue weighted by atomic mass is 32.2. The molecule has 0 aliphatic rings. The molecule has 0 unspecified atom stereocenters. The molecule has 1 N–H and O–H groups in total. The maximum Gasteiger partial charge on any atom is 0.338 e. The van der Waals surface area contributed by atoms with Crippen LogP contribution in [0.4, 0.5) is 15.8 Å². The molecule has 7 nitrogen and oxygen atoms in total. The summed E-state index contributed by atoms with van der Waals surface area (Å²) in [4.78, 5) is 25.7. The molecule has 9 heteroatoms. The minimum absolute atomic E-state index is 0.0304. The summed E-state index contributed by atoms with van der Waals surface area (Å²) in [6.45, 7) is -0.505. The van der Waals surface area contributed by atoms with E-state index in [1.165, 1.54) is 35.2 Å². The molecule has 0 heterocycles. The standard InChI is InChI=1S/C22H19FN2O5S/c1-25(19-7-3-2-4-8-19)21(26)15-30-22(27)16-6-5-9-20(14-16)31(28,29)24-18-12-10-17(23)11-13-18/h2-14,24H,15H2,1H3. The number of nitrogens with zero attached hydrogens (tertiary/aromatic N) is 1. The van der Waals surface area contributed by atoms with Crippen molar-refractivity contribution in [1.82, 2.24) is 0 Å². The number of sulfonamides is 1. The minimum atomic E-state index is -4.02. The van der Waals surface area contributed by atoms with Gasteiger partial charge < -0.3 is 9.64 Å². The second kappa shape index (κ2) is 9.40. The molecule has 3 rings (SSSR count). The highest BCUT2D eigenvalue weighted by Gasteiger charge is 2.19. The smallest absolute Gasteiger partial charge is 0.338 e. The Balaban J connectivity index is 1.67. The Bertz CT molecular complexity index is 1180. The normalized spacial score (nSPS) is 10.9. The molecule has 0 aliphatic heterocycles. The van der Waals surface area contributed by atoms with E-state index in [-0.39, 0.29) is 16.1 Å². The Kier molecular flexibility index (Phi) is 6.66. The van der Waals surface area contributed by atoms with Crippen LogP contribution in [-0.4, -0.2) is 33.9 Å². The Morgan fingerprint density at radius 2 is 1.65 bits per heavy atom. The maximum atomic E-state index is 13.0. The Labute approximate surface area is 179 Å². The minimum Gasteiger partial charge on any atom is -0.452 e. The highest BCUT2D eigenvalue weighted by Crippen LogP contribution is 2.18. The fourth-order valence-corrected chi connectivity index (χ4v) is 3.73. The van der Waals surface area contributed by atoms with Gasteiger partial charge in [0.15, 0.2) is 6.61 Å². The van der Waals surface area contributed by atoms with Crippen molar-refractivity contribution in [2.45, 2.75) is 4.90 Å². The number of benzene rings is 3. The van der Waals surface area contributed by atoms with Gasteiger partial charge in [0.05, 0.1) is 10.5 Å². The van der Waals surface area contributed by atoms with Crippen molar-refractivity contribution in [3.8, 4) is 0 Å². The van der Waals surface area contributed by atoms with Crippen LogP contribution in [0.15, 0.2) is 83.8 Å². The number of para-hydroxylation sites is 1. The molecule has 0 spiro atoms. The van der Waals surface area contributed by atoms with Gasteiger partial charge in [-0.3, -0.25) is 9.52 Å². The number of amides is 1. The van der Waals surface area contributed by atoms with Crippen molar-refractivity contribution in [3.63, 3.8) is 0 Å². The van der Waals surface area contributed by atoms with E-state index in [0.717, 1.165) is 18.2 Å². The number of nitrogens with one attached hydrogen (secondary N) is 1. The molecule has 160 valence electrons. The molecule has 0 bridgehead atoms. The van der Waals surface area contributed by atoms with Crippen molar-refractivity contribution in [1.29, 1.82) is 0 Å². The van der Waals surface area contributed by atoms with Gasteiger partial charge in [0.25, 0.3) is 15.9 Å². The van der Waals surface area contributed by atoms with Gasteiger partial charge in [-0.1, -0.05) is 24.3 Å². The van der Waals surface area contributed by atoms with Crippen LogP contribution in [0.2, 0.25) is 0 Å². The van der Waals surface area contributed by atoms with E-state index in [1.54, 1.807) is 31.3 Å². The van der Waals surface area contributed by atoms with E-state index in [9.17, 15) is 22.4 Å². The van der Waals surface area contributed by atoms with Gasteiger partial charge in [-0.15, -0.1) is 0 Å². The summed E-state index contributed by atoms with van der Waals surface area (Å²) >= 11 is 0. The molecule has 0 aliphatic carbocycles. The van der Waals surface area contributed by atoms with Crippen molar-refractivity contribution in [2.24, 2.45) is 0 Å². The lowest BCUT2D eigenvalue weighted by Gasteiger charge is -2.17. The summed E-state index contributed by atoms with van der Waals surface area (Å²) in [7, 11) is -2.46. The number of ether oxygens (including phenoxy) is 1. The van der Waals surface area contributed by atoms with Crippen LogP contribution in [0.1, 0.15) is 10.4 Å². The number of hydrogen-bond donors (Lipinski definition) is 1. The largest absolute Gasteiger partial charge is 0.452 e. The summed E-state index contributed by atoms with van der Waals surface area (Å²) in [5.74, 6) is -1.78. The molecule has 3 aromatic carbocycles. The number of carbonyl (C=O) groups is 2. The Morgan fingerprint density at radius 1 is 0.968 bits per heavy atom. The number of halogens is 1. The molecule has 0 aromatic heterocycles. The van der Waals surface area contributed by atoms with E-state index in [2.05, 4.69) is 4.72 Å². The third-order valence-corrected chi connectivity index (χ3v) is 5.70. The first kappa shape index (κ1) is 22.0. The van der Waals surface area contributed by atoms with Crippen LogP contribution >= 0.6 is 0 Å². The Hall–Kier alpha value is -3.72. The van der Waals surface area contributed by atoms with E-state index in [4.69, 9.17) is 4.74 Å². The molecule has 0 saturated heterocycles. The van der Waals surface area contributed by atoms with Crippen molar-refractivity contribution < 1.29 is 27.1 Å².